The highest BCUT2D eigenvalue weighted by molar-refractivity contribution is 7.90. The lowest BCUT2D eigenvalue weighted by Crippen LogP contribution is -2.18. The van der Waals surface area contributed by atoms with Gasteiger partial charge in [0.25, 0.3) is 0 Å². The molecule has 8 heteroatoms. The molecule has 0 unspecified atom stereocenters. The van der Waals surface area contributed by atoms with Gasteiger partial charge in [-0.05, 0) is 36.8 Å². The SMILES string of the molecule is CCOc1ccc(-c2csc(NC(=O)CCS(=O)(=O)Cc3ccccc3)n2)cc1. The Morgan fingerprint density at radius 1 is 1.10 bits per heavy atom. The predicted molar refractivity (Wildman–Crippen MR) is 116 cm³/mol. The third kappa shape index (κ3) is 6.40. The Morgan fingerprint density at radius 3 is 2.52 bits per heavy atom. The van der Waals surface area contributed by atoms with E-state index in [1.165, 1.54) is 11.3 Å². The molecule has 0 fully saturated rings. The fourth-order valence-corrected chi connectivity index (χ4v) is 4.76. The molecule has 3 aromatic rings. The minimum Gasteiger partial charge on any atom is -0.494 e. The number of amides is 1. The number of nitrogens with one attached hydrogen (secondary N) is 1. The van der Waals surface area contributed by atoms with E-state index in [0.717, 1.165) is 17.0 Å². The maximum Gasteiger partial charge on any atom is 0.227 e. The topological polar surface area (TPSA) is 85.4 Å². The minimum atomic E-state index is -3.36. The van der Waals surface area contributed by atoms with Crippen LogP contribution in [0.5, 0.6) is 5.75 Å². The Morgan fingerprint density at radius 2 is 1.83 bits per heavy atom. The summed E-state index contributed by atoms with van der Waals surface area (Å²) in [6.07, 6.45) is -0.104. The van der Waals surface area contributed by atoms with Crippen molar-refractivity contribution < 1.29 is 17.9 Å². The molecule has 0 atom stereocenters. The van der Waals surface area contributed by atoms with Gasteiger partial charge in [0.1, 0.15) is 5.75 Å². The smallest absolute Gasteiger partial charge is 0.227 e. The molecule has 0 aliphatic rings. The van der Waals surface area contributed by atoms with Crippen molar-refractivity contribution in [2.45, 2.75) is 19.1 Å². The number of rotatable bonds is 9. The molecular formula is C21H22N2O4S2. The number of hydrogen-bond donors (Lipinski definition) is 1. The van der Waals surface area contributed by atoms with Gasteiger partial charge in [-0.25, -0.2) is 13.4 Å². The molecule has 1 amide bonds. The summed E-state index contributed by atoms with van der Waals surface area (Å²) in [5.41, 5.74) is 2.37. The molecule has 2 aromatic carbocycles. The molecule has 1 N–H and O–H groups in total. The van der Waals surface area contributed by atoms with Gasteiger partial charge in [-0.2, -0.15) is 0 Å². The maximum absolute atomic E-state index is 12.2. The second-order valence-corrected chi connectivity index (χ2v) is 9.41. The van der Waals surface area contributed by atoms with Crippen LogP contribution in [-0.4, -0.2) is 31.7 Å². The monoisotopic (exact) mass is 430 g/mol. The largest absolute Gasteiger partial charge is 0.494 e. The van der Waals surface area contributed by atoms with Crippen LogP contribution < -0.4 is 10.1 Å². The fraction of sp³-hybridized carbons (Fsp3) is 0.238. The van der Waals surface area contributed by atoms with Crippen molar-refractivity contribution in [2.75, 3.05) is 17.7 Å². The summed E-state index contributed by atoms with van der Waals surface area (Å²) in [4.78, 5) is 16.6. The summed E-state index contributed by atoms with van der Waals surface area (Å²) in [5.74, 6) is 0.149. The number of benzene rings is 2. The van der Waals surface area contributed by atoms with Crippen molar-refractivity contribution in [1.82, 2.24) is 4.98 Å². The molecule has 3 rings (SSSR count). The van der Waals surface area contributed by atoms with E-state index in [1.54, 1.807) is 24.3 Å². The third-order valence-corrected chi connectivity index (χ3v) is 6.44. The van der Waals surface area contributed by atoms with Gasteiger partial charge < -0.3 is 10.1 Å². The Hall–Kier alpha value is -2.71. The average Bonchev–Trinajstić information content (AvgIpc) is 3.16. The number of aromatic nitrogens is 1. The molecule has 0 radical (unpaired) electrons. The van der Waals surface area contributed by atoms with Gasteiger partial charge in [-0.15, -0.1) is 11.3 Å². The van der Waals surface area contributed by atoms with E-state index in [4.69, 9.17) is 4.74 Å². The van der Waals surface area contributed by atoms with Crippen molar-refractivity contribution in [3.8, 4) is 17.0 Å². The molecule has 152 valence electrons. The lowest BCUT2D eigenvalue weighted by atomic mass is 10.2. The van der Waals surface area contributed by atoms with Crippen molar-refractivity contribution >= 4 is 32.2 Å². The molecule has 0 saturated heterocycles. The Bertz CT molecular complexity index is 1050. The molecule has 0 bridgehead atoms. The zero-order valence-electron chi connectivity index (χ0n) is 16.0. The molecule has 6 nitrogen and oxygen atoms in total. The van der Waals surface area contributed by atoms with Crippen molar-refractivity contribution in [1.29, 1.82) is 0 Å². The summed E-state index contributed by atoms with van der Waals surface area (Å²) in [5, 5.41) is 4.97. The van der Waals surface area contributed by atoms with Crippen molar-refractivity contribution in [3.63, 3.8) is 0 Å². The summed E-state index contributed by atoms with van der Waals surface area (Å²) in [6.45, 7) is 2.53. The number of sulfone groups is 1. The van der Waals surface area contributed by atoms with Crippen LogP contribution in [0.1, 0.15) is 18.9 Å². The molecule has 0 saturated carbocycles. The molecular weight excluding hydrogens is 408 g/mol. The first kappa shape index (κ1) is 21.0. The van der Waals surface area contributed by atoms with Crippen LogP contribution in [0.15, 0.2) is 60.0 Å². The Balaban J connectivity index is 1.53. The molecule has 1 heterocycles. The van der Waals surface area contributed by atoms with E-state index in [1.807, 2.05) is 42.6 Å². The van der Waals surface area contributed by atoms with Gasteiger partial charge in [-0.1, -0.05) is 30.3 Å². The van der Waals surface area contributed by atoms with E-state index in [2.05, 4.69) is 10.3 Å². The number of carbonyl (C=O) groups is 1. The molecule has 0 aliphatic carbocycles. The first-order valence-electron chi connectivity index (χ1n) is 9.18. The molecule has 1 aromatic heterocycles. The first-order valence-corrected chi connectivity index (χ1v) is 11.9. The highest BCUT2D eigenvalue weighted by Crippen LogP contribution is 2.26. The predicted octanol–water partition coefficient (Wildman–Crippen LogP) is 4.15. The van der Waals surface area contributed by atoms with Crippen LogP contribution in [0, 0.1) is 0 Å². The van der Waals surface area contributed by atoms with E-state index < -0.39 is 9.84 Å². The molecule has 29 heavy (non-hydrogen) atoms. The summed E-state index contributed by atoms with van der Waals surface area (Å²) in [6, 6.07) is 16.5. The first-order chi connectivity index (χ1) is 13.9. The third-order valence-electron chi connectivity index (χ3n) is 4.08. The van der Waals surface area contributed by atoms with Gasteiger partial charge in [0.15, 0.2) is 15.0 Å². The summed E-state index contributed by atoms with van der Waals surface area (Å²) >= 11 is 1.30. The van der Waals surface area contributed by atoms with Gasteiger partial charge in [0.2, 0.25) is 5.91 Å². The van der Waals surface area contributed by atoms with Crippen molar-refractivity contribution in [2.24, 2.45) is 0 Å². The second kappa shape index (κ2) is 9.67. The number of thiazole rings is 1. The number of carbonyl (C=O) groups excluding carboxylic acids is 1. The van der Waals surface area contributed by atoms with Gasteiger partial charge in [0, 0.05) is 17.4 Å². The normalized spacial score (nSPS) is 11.2. The van der Waals surface area contributed by atoms with Gasteiger partial charge in [-0.3, -0.25) is 4.79 Å². The summed E-state index contributed by atoms with van der Waals surface area (Å²) in [7, 11) is -3.36. The van der Waals surface area contributed by atoms with Gasteiger partial charge >= 0.3 is 0 Å². The lowest BCUT2D eigenvalue weighted by molar-refractivity contribution is -0.115. The number of anilines is 1. The Kier molecular flexibility index (Phi) is 7.00. The maximum atomic E-state index is 12.2. The molecule has 0 spiro atoms. The van der Waals surface area contributed by atoms with E-state index in [9.17, 15) is 13.2 Å². The highest BCUT2D eigenvalue weighted by atomic mass is 32.2. The van der Waals surface area contributed by atoms with Crippen LogP contribution in [0.25, 0.3) is 11.3 Å². The molecule has 0 aliphatic heterocycles. The van der Waals surface area contributed by atoms with Gasteiger partial charge in [0.05, 0.1) is 23.8 Å². The van der Waals surface area contributed by atoms with E-state index >= 15 is 0 Å². The van der Waals surface area contributed by atoms with Crippen molar-refractivity contribution in [3.05, 3.63) is 65.5 Å². The van der Waals surface area contributed by atoms with Crippen LogP contribution >= 0.6 is 11.3 Å². The quantitative estimate of drug-likeness (QED) is 0.551. The van der Waals surface area contributed by atoms with Crippen LogP contribution in [0.2, 0.25) is 0 Å². The highest BCUT2D eigenvalue weighted by Gasteiger charge is 2.15. The lowest BCUT2D eigenvalue weighted by Gasteiger charge is -2.05. The standard InChI is InChI=1S/C21H22N2O4S2/c1-2-27-18-10-8-17(9-11-18)19-14-28-21(22-19)23-20(24)12-13-29(25,26)15-16-6-4-3-5-7-16/h3-11,14H,2,12-13,15H2,1H3,(H,22,23,24). The zero-order chi connectivity index (χ0) is 20.7. The second-order valence-electron chi connectivity index (χ2n) is 6.37. The van der Waals surface area contributed by atoms with Crippen LogP contribution in [0.3, 0.4) is 0 Å². The van der Waals surface area contributed by atoms with E-state index in [0.29, 0.717) is 17.3 Å². The number of nitrogens with zero attached hydrogens (tertiary/aromatic N) is 1. The Labute approximate surface area is 174 Å². The zero-order valence-corrected chi connectivity index (χ0v) is 17.6. The average molecular weight is 431 g/mol. The van der Waals surface area contributed by atoms with Crippen LogP contribution in [-0.2, 0) is 20.4 Å². The van der Waals surface area contributed by atoms with Crippen LogP contribution in [0.4, 0.5) is 5.13 Å². The minimum absolute atomic E-state index is 0.0692. The van der Waals surface area contributed by atoms with E-state index in [-0.39, 0.29) is 23.8 Å². The number of ether oxygens (including phenoxy) is 1. The summed E-state index contributed by atoms with van der Waals surface area (Å²) < 4.78 is 29.9. The fourth-order valence-electron chi connectivity index (χ4n) is 2.68. The number of hydrogen-bond acceptors (Lipinski definition) is 6.